The van der Waals surface area contributed by atoms with E-state index in [1.807, 2.05) is 43.3 Å². The van der Waals surface area contributed by atoms with Gasteiger partial charge in [-0.15, -0.1) is 0 Å². The number of hydrogen-bond donors (Lipinski definition) is 1. The van der Waals surface area contributed by atoms with Crippen LogP contribution in [-0.2, 0) is 5.54 Å². The van der Waals surface area contributed by atoms with Gasteiger partial charge in [0, 0.05) is 32.6 Å². The SMILES string of the molecule is CN(C)c1cccc(C2(N)CC(F)(F)C2)c1. The van der Waals surface area contributed by atoms with Gasteiger partial charge >= 0.3 is 0 Å². The molecule has 88 valence electrons. The zero-order chi connectivity index (χ0) is 12.0. The molecule has 0 atom stereocenters. The van der Waals surface area contributed by atoms with E-state index in [0.717, 1.165) is 11.3 Å². The quantitative estimate of drug-likeness (QED) is 0.838. The Morgan fingerprint density at radius 3 is 2.38 bits per heavy atom. The van der Waals surface area contributed by atoms with Gasteiger partial charge in [0.25, 0.3) is 5.92 Å². The fraction of sp³-hybridized carbons (Fsp3) is 0.500. The standard InChI is InChI=1S/C12H16F2N2/c1-16(2)10-5-3-4-9(6-10)11(15)7-12(13,14)8-11/h3-6H,7-8,15H2,1-2H3. The van der Waals surface area contributed by atoms with Gasteiger partial charge in [-0.2, -0.15) is 0 Å². The molecule has 2 N–H and O–H groups in total. The molecule has 0 radical (unpaired) electrons. The van der Waals surface area contributed by atoms with Crippen molar-refractivity contribution in [2.24, 2.45) is 5.73 Å². The van der Waals surface area contributed by atoms with Crippen molar-refractivity contribution in [3.8, 4) is 0 Å². The summed E-state index contributed by atoms with van der Waals surface area (Å²) in [5, 5.41) is 0. The number of nitrogens with two attached hydrogens (primary N) is 1. The molecule has 0 aliphatic heterocycles. The van der Waals surface area contributed by atoms with E-state index in [4.69, 9.17) is 5.73 Å². The lowest BCUT2D eigenvalue weighted by atomic mass is 9.70. The maximum Gasteiger partial charge on any atom is 0.252 e. The minimum Gasteiger partial charge on any atom is -0.378 e. The summed E-state index contributed by atoms with van der Waals surface area (Å²) in [7, 11) is 3.83. The summed E-state index contributed by atoms with van der Waals surface area (Å²) in [5.74, 6) is -2.59. The highest BCUT2D eigenvalue weighted by molar-refractivity contribution is 5.49. The van der Waals surface area contributed by atoms with Crippen LogP contribution in [0.1, 0.15) is 18.4 Å². The molecule has 0 heterocycles. The Bertz CT molecular complexity index is 394. The molecule has 1 aromatic carbocycles. The second-order valence-corrected chi connectivity index (χ2v) is 4.81. The molecule has 2 nitrogen and oxygen atoms in total. The van der Waals surface area contributed by atoms with Crippen LogP contribution in [0, 0.1) is 0 Å². The first-order valence-corrected chi connectivity index (χ1v) is 5.27. The molecule has 0 amide bonds. The smallest absolute Gasteiger partial charge is 0.252 e. The average molecular weight is 226 g/mol. The molecule has 0 unspecified atom stereocenters. The lowest BCUT2D eigenvalue weighted by molar-refractivity contribution is -0.125. The fourth-order valence-electron chi connectivity index (χ4n) is 2.17. The second kappa shape index (κ2) is 3.42. The molecule has 4 heteroatoms. The molecule has 1 aliphatic rings. The van der Waals surface area contributed by atoms with E-state index in [1.54, 1.807) is 0 Å². The largest absolute Gasteiger partial charge is 0.378 e. The van der Waals surface area contributed by atoms with Gasteiger partial charge in [-0.25, -0.2) is 8.78 Å². The van der Waals surface area contributed by atoms with Crippen LogP contribution in [0.15, 0.2) is 24.3 Å². The van der Waals surface area contributed by atoms with E-state index in [9.17, 15) is 8.78 Å². The van der Waals surface area contributed by atoms with Gasteiger partial charge in [0.1, 0.15) is 0 Å². The minimum absolute atomic E-state index is 0.253. The number of benzene rings is 1. The summed E-state index contributed by atoms with van der Waals surface area (Å²) < 4.78 is 25.8. The highest BCUT2D eigenvalue weighted by Crippen LogP contribution is 2.50. The van der Waals surface area contributed by atoms with Crippen LogP contribution < -0.4 is 10.6 Å². The maximum atomic E-state index is 12.9. The van der Waals surface area contributed by atoms with Crippen molar-refractivity contribution in [3.05, 3.63) is 29.8 Å². The van der Waals surface area contributed by atoms with Crippen LogP contribution in [0.5, 0.6) is 0 Å². The van der Waals surface area contributed by atoms with Crippen LogP contribution in [0.4, 0.5) is 14.5 Å². The second-order valence-electron chi connectivity index (χ2n) is 4.81. The Labute approximate surface area is 94.0 Å². The zero-order valence-electron chi connectivity index (χ0n) is 9.50. The predicted molar refractivity (Wildman–Crippen MR) is 60.8 cm³/mol. The van der Waals surface area contributed by atoms with Crippen LogP contribution in [-0.4, -0.2) is 20.0 Å². The van der Waals surface area contributed by atoms with E-state index in [1.165, 1.54) is 0 Å². The van der Waals surface area contributed by atoms with Crippen molar-refractivity contribution in [2.75, 3.05) is 19.0 Å². The molecular formula is C12H16F2N2. The van der Waals surface area contributed by atoms with Gasteiger partial charge in [-0.05, 0) is 17.7 Å². The molecule has 1 saturated carbocycles. The number of alkyl halides is 2. The summed E-state index contributed by atoms with van der Waals surface area (Å²) in [4.78, 5) is 1.93. The van der Waals surface area contributed by atoms with Crippen molar-refractivity contribution in [1.29, 1.82) is 0 Å². The van der Waals surface area contributed by atoms with Crippen molar-refractivity contribution >= 4 is 5.69 Å². The number of nitrogens with zero attached hydrogens (tertiary/aromatic N) is 1. The summed E-state index contributed by atoms with van der Waals surface area (Å²) in [6.45, 7) is 0. The van der Waals surface area contributed by atoms with Crippen molar-refractivity contribution in [1.82, 2.24) is 0 Å². The van der Waals surface area contributed by atoms with E-state index in [0.29, 0.717) is 0 Å². The summed E-state index contributed by atoms with van der Waals surface area (Å²) in [6, 6.07) is 7.50. The van der Waals surface area contributed by atoms with E-state index in [-0.39, 0.29) is 12.8 Å². The first-order chi connectivity index (χ1) is 7.32. The van der Waals surface area contributed by atoms with Gasteiger partial charge in [-0.3, -0.25) is 0 Å². The Kier molecular flexibility index (Phi) is 2.42. The van der Waals surface area contributed by atoms with Crippen molar-refractivity contribution in [2.45, 2.75) is 24.3 Å². The molecule has 0 aromatic heterocycles. The van der Waals surface area contributed by atoms with Gasteiger partial charge in [0.05, 0.1) is 5.54 Å². The Morgan fingerprint density at radius 2 is 1.88 bits per heavy atom. The van der Waals surface area contributed by atoms with Gasteiger partial charge in [0.15, 0.2) is 0 Å². The van der Waals surface area contributed by atoms with Gasteiger partial charge in [-0.1, -0.05) is 12.1 Å². The first-order valence-electron chi connectivity index (χ1n) is 5.27. The van der Waals surface area contributed by atoms with E-state index >= 15 is 0 Å². The number of anilines is 1. The van der Waals surface area contributed by atoms with Crippen LogP contribution in [0.25, 0.3) is 0 Å². The third kappa shape index (κ3) is 1.89. The highest BCUT2D eigenvalue weighted by atomic mass is 19.3. The molecule has 1 aromatic rings. The van der Waals surface area contributed by atoms with Crippen LogP contribution >= 0.6 is 0 Å². The molecule has 0 saturated heterocycles. The maximum absolute atomic E-state index is 12.9. The third-order valence-electron chi connectivity index (χ3n) is 3.09. The fourth-order valence-corrected chi connectivity index (χ4v) is 2.17. The Morgan fingerprint density at radius 1 is 1.25 bits per heavy atom. The van der Waals surface area contributed by atoms with Crippen molar-refractivity contribution in [3.63, 3.8) is 0 Å². The monoisotopic (exact) mass is 226 g/mol. The number of rotatable bonds is 2. The Balaban J connectivity index is 2.25. The molecule has 16 heavy (non-hydrogen) atoms. The highest BCUT2D eigenvalue weighted by Gasteiger charge is 2.55. The average Bonchev–Trinajstić information content (AvgIpc) is 2.15. The Hall–Kier alpha value is -1.16. The van der Waals surface area contributed by atoms with Gasteiger partial charge < -0.3 is 10.6 Å². The minimum atomic E-state index is -2.59. The normalized spacial score (nSPS) is 21.3. The predicted octanol–water partition coefficient (Wildman–Crippen LogP) is 2.34. The van der Waals surface area contributed by atoms with Gasteiger partial charge in [0.2, 0.25) is 0 Å². The third-order valence-corrected chi connectivity index (χ3v) is 3.09. The molecule has 0 spiro atoms. The lowest BCUT2D eigenvalue weighted by Crippen LogP contribution is -2.55. The number of hydrogen-bond acceptors (Lipinski definition) is 2. The topological polar surface area (TPSA) is 29.3 Å². The summed E-state index contributed by atoms with van der Waals surface area (Å²) in [5.41, 5.74) is 6.90. The van der Waals surface area contributed by atoms with E-state index in [2.05, 4.69) is 0 Å². The van der Waals surface area contributed by atoms with Crippen LogP contribution in [0.2, 0.25) is 0 Å². The lowest BCUT2D eigenvalue weighted by Gasteiger charge is -2.45. The molecule has 0 bridgehead atoms. The molecule has 1 aliphatic carbocycles. The summed E-state index contributed by atoms with van der Waals surface area (Å²) >= 11 is 0. The number of halogens is 2. The van der Waals surface area contributed by atoms with E-state index < -0.39 is 11.5 Å². The zero-order valence-corrected chi connectivity index (χ0v) is 9.50. The molecule has 2 rings (SSSR count). The van der Waals surface area contributed by atoms with Crippen LogP contribution in [0.3, 0.4) is 0 Å². The van der Waals surface area contributed by atoms with Crippen molar-refractivity contribution < 1.29 is 8.78 Å². The molecule has 1 fully saturated rings. The first kappa shape index (κ1) is 11.3. The molecular weight excluding hydrogens is 210 g/mol. The summed E-state index contributed by atoms with van der Waals surface area (Å²) in [6.07, 6.45) is -0.506.